The van der Waals surface area contributed by atoms with Gasteiger partial charge in [0.15, 0.2) is 0 Å². The zero-order valence-electron chi connectivity index (χ0n) is 11.1. The van der Waals surface area contributed by atoms with Crippen LogP contribution in [0.3, 0.4) is 0 Å². The summed E-state index contributed by atoms with van der Waals surface area (Å²) in [4.78, 5) is 0. The first-order valence-corrected chi connectivity index (χ1v) is 6.83. The first-order valence-electron chi connectivity index (χ1n) is 6.83. The normalized spacial score (nSPS) is 32.2. The Morgan fingerprint density at radius 1 is 1.13 bits per heavy atom. The summed E-state index contributed by atoms with van der Waals surface area (Å²) in [6.07, 6.45) is 7.22. The van der Waals surface area contributed by atoms with Crippen molar-refractivity contribution in [2.75, 3.05) is 6.54 Å². The summed E-state index contributed by atoms with van der Waals surface area (Å²) in [6.45, 7) is 10.5. The zero-order valence-corrected chi connectivity index (χ0v) is 11.1. The van der Waals surface area contributed by atoms with Gasteiger partial charge in [0.25, 0.3) is 0 Å². The third-order valence-corrected chi connectivity index (χ3v) is 4.05. The lowest BCUT2D eigenvalue weighted by molar-refractivity contribution is 0.198. The van der Waals surface area contributed by atoms with Crippen LogP contribution in [0.15, 0.2) is 0 Å². The second kappa shape index (κ2) is 6.52. The maximum absolute atomic E-state index is 3.51. The minimum absolute atomic E-state index is 0.648. The highest BCUT2D eigenvalue weighted by molar-refractivity contribution is 4.75. The smallest absolute Gasteiger partial charge is 0.00103 e. The molecule has 1 aliphatic carbocycles. The van der Waals surface area contributed by atoms with Gasteiger partial charge in [-0.25, -0.2) is 0 Å². The van der Waals surface area contributed by atoms with E-state index in [-0.39, 0.29) is 0 Å². The lowest BCUT2D eigenvalue weighted by Crippen LogP contribution is -2.25. The summed E-state index contributed by atoms with van der Waals surface area (Å²) in [5, 5.41) is 3.51. The van der Waals surface area contributed by atoms with Crippen LogP contribution in [-0.2, 0) is 0 Å². The number of rotatable bonds is 5. The van der Waals surface area contributed by atoms with Gasteiger partial charge in [-0.05, 0) is 43.6 Å². The molecule has 0 aromatic carbocycles. The van der Waals surface area contributed by atoms with Crippen LogP contribution in [0.1, 0.15) is 59.8 Å². The standard InChI is InChI=1S/C14H29N/c1-11(2)15-9-5-6-14-8-7-12(3)13(4)10-14/h11-15H,5-10H2,1-4H3. The summed E-state index contributed by atoms with van der Waals surface area (Å²) in [7, 11) is 0. The molecular weight excluding hydrogens is 182 g/mol. The fourth-order valence-corrected chi connectivity index (χ4v) is 2.70. The van der Waals surface area contributed by atoms with E-state index in [9.17, 15) is 0 Å². The predicted octanol–water partition coefficient (Wildman–Crippen LogP) is 3.84. The van der Waals surface area contributed by atoms with E-state index in [1.165, 1.54) is 38.6 Å². The molecular formula is C14H29N. The third-order valence-electron chi connectivity index (χ3n) is 4.05. The van der Waals surface area contributed by atoms with Crippen molar-refractivity contribution in [3.05, 3.63) is 0 Å². The van der Waals surface area contributed by atoms with Crippen molar-refractivity contribution >= 4 is 0 Å². The first kappa shape index (κ1) is 13.0. The molecule has 3 atom stereocenters. The Hall–Kier alpha value is -0.0400. The molecule has 0 radical (unpaired) electrons. The molecule has 1 N–H and O–H groups in total. The molecule has 1 fully saturated rings. The van der Waals surface area contributed by atoms with E-state index in [0.717, 1.165) is 17.8 Å². The molecule has 0 spiro atoms. The molecule has 0 aromatic rings. The summed E-state index contributed by atoms with van der Waals surface area (Å²) in [6, 6.07) is 0.648. The summed E-state index contributed by atoms with van der Waals surface area (Å²) < 4.78 is 0. The average molecular weight is 211 g/mol. The molecule has 1 rings (SSSR count). The summed E-state index contributed by atoms with van der Waals surface area (Å²) in [5.74, 6) is 2.95. The molecule has 0 saturated heterocycles. The van der Waals surface area contributed by atoms with Gasteiger partial charge in [-0.2, -0.15) is 0 Å². The van der Waals surface area contributed by atoms with Crippen molar-refractivity contribution in [3.8, 4) is 0 Å². The average Bonchev–Trinajstić information content (AvgIpc) is 2.18. The number of hydrogen-bond acceptors (Lipinski definition) is 1. The largest absolute Gasteiger partial charge is 0.315 e. The van der Waals surface area contributed by atoms with Gasteiger partial charge in [0.05, 0.1) is 0 Å². The Balaban J connectivity index is 2.07. The number of hydrogen-bond donors (Lipinski definition) is 1. The Morgan fingerprint density at radius 3 is 2.47 bits per heavy atom. The Morgan fingerprint density at radius 2 is 1.87 bits per heavy atom. The van der Waals surface area contributed by atoms with Crippen molar-refractivity contribution < 1.29 is 0 Å². The van der Waals surface area contributed by atoms with Gasteiger partial charge >= 0.3 is 0 Å². The van der Waals surface area contributed by atoms with E-state index >= 15 is 0 Å². The lowest BCUT2D eigenvalue weighted by atomic mass is 9.74. The molecule has 0 amide bonds. The van der Waals surface area contributed by atoms with Gasteiger partial charge in [-0.15, -0.1) is 0 Å². The maximum atomic E-state index is 3.51. The van der Waals surface area contributed by atoms with Gasteiger partial charge < -0.3 is 5.32 Å². The van der Waals surface area contributed by atoms with Crippen LogP contribution in [0.25, 0.3) is 0 Å². The fourth-order valence-electron chi connectivity index (χ4n) is 2.70. The molecule has 15 heavy (non-hydrogen) atoms. The molecule has 1 heteroatoms. The quantitative estimate of drug-likeness (QED) is 0.681. The SMILES string of the molecule is CC(C)NCCCC1CCC(C)C(C)C1. The Kier molecular flexibility index (Phi) is 5.66. The van der Waals surface area contributed by atoms with Crippen LogP contribution in [0.4, 0.5) is 0 Å². The van der Waals surface area contributed by atoms with Crippen molar-refractivity contribution in [2.45, 2.75) is 65.8 Å². The van der Waals surface area contributed by atoms with Crippen molar-refractivity contribution in [3.63, 3.8) is 0 Å². The third kappa shape index (κ3) is 5.01. The van der Waals surface area contributed by atoms with Gasteiger partial charge in [-0.1, -0.05) is 40.5 Å². The van der Waals surface area contributed by atoms with E-state index in [0.29, 0.717) is 6.04 Å². The Labute approximate surface area is 96.0 Å². The topological polar surface area (TPSA) is 12.0 Å². The van der Waals surface area contributed by atoms with Crippen LogP contribution in [-0.4, -0.2) is 12.6 Å². The minimum Gasteiger partial charge on any atom is -0.315 e. The van der Waals surface area contributed by atoms with Gasteiger partial charge in [0.1, 0.15) is 0 Å². The van der Waals surface area contributed by atoms with Crippen molar-refractivity contribution in [1.82, 2.24) is 5.32 Å². The first-order chi connectivity index (χ1) is 7.09. The van der Waals surface area contributed by atoms with Crippen LogP contribution < -0.4 is 5.32 Å². The fraction of sp³-hybridized carbons (Fsp3) is 1.00. The molecule has 0 aliphatic heterocycles. The summed E-state index contributed by atoms with van der Waals surface area (Å²) in [5.41, 5.74) is 0. The number of nitrogens with one attached hydrogen (secondary N) is 1. The van der Waals surface area contributed by atoms with Crippen molar-refractivity contribution in [1.29, 1.82) is 0 Å². The van der Waals surface area contributed by atoms with Crippen LogP contribution >= 0.6 is 0 Å². The minimum atomic E-state index is 0.648. The monoisotopic (exact) mass is 211 g/mol. The van der Waals surface area contributed by atoms with Crippen LogP contribution in [0, 0.1) is 17.8 Å². The molecule has 1 aliphatic rings. The molecule has 1 saturated carbocycles. The van der Waals surface area contributed by atoms with E-state index in [1.807, 2.05) is 0 Å². The molecule has 0 aromatic heterocycles. The highest BCUT2D eigenvalue weighted by Gasteiger charge is 2.23. The van der Waals surface area contributed by atoms with E-state index in [2.05, 4.69) is 33.0 Å². The lowest BCUT2D eigenvalue weighted by Gasteiger charge is -2.32. The van der Waals surface area contributed by atoms with Gasteiger partial charge in [-0.3, -0.25) is 0 Å². The van der Waals surface area contributed by atoms with Gasteiger partial charge in [0, 0.05) is 6.04 Å². The second-order valence-corrected chi connectivity index (χ2v) is 5.88. The van der Waals surface area contributed by atoms with E-state index in [4.69, 9.17) is 0 Å². The predicted molar refractivity (Wildman–Crippen MR) is 68.0 cm³/mol. The highest BCUT2D eigenvalue weighted by atomic mass is 14.9. The summed E-state index contributed by atoms with van der Waals surface area (Å²) >= 11 is 0. The maximum Gasteiger partial charge on any atom is 0.00103 e. The highest BCUT2D eigenvalue weighted by Crippen LogP contribution is 2.35. The molecule has 1 nitrogen and oxygen atoms in total. The van der Waals surface area contributed by atoms with Crippen LogP contribution in [0.2, 0.25) is 0 Å². The van der Waals surface area contributed by atoms with E-state index < -0.39 is 0 Å². The van der Waals surface area contributed by atoms with Gasteiger partial charge in [0.2, 0.25) is 0 Å². The molecule has 0 bridgehead atoms. The molecule has 3 unspecified atom stereocenters. The Bertz CT molecular complexity index is 165. The zero-order chi connectivity index (χ0) is 11.3. The van der Waals surface area contributed by atoms with Crippen molar-refractivity contribution in [2.24, 2.45) is 17.8 Å². The molecule has 0 heterocycles. The van der Waals surface area contributed by atoms with E-state index in [1.54, 1.807) is 0 Å². The molecule has 90 valence electrons. The second-order valence-electron chi connectivity index (χ2n) is 5.88. The van der Waals surface area contributed by atoms with Crippen LogP contribution in [0.5, 0.6) is 0 Å².